The first-order valence-electron chi connectivity index (χ1n) is 14.6. The minimum Gasteiger partial charge on any atom is -0.496 e. The Labute approximate surface area is 245 Å². The number of rotatable bonds is 4. The van der Waals surface area contributed by atoms with Crippen molar-refractivity contribution in [1.82, 2.24) is 20.5 Å². The summed E-state index contributed by atoms with van der Waals surface area (Å²) in [5.41, 5.74) is 9.22. The highest BCUT2D eigenvalue weighted by molar-refractivity contribution is 5.93. The van der Waals surface area contributed by atoms with Crippen LogP contribution in [0.4, 0.5) is 4.79 Å². The molecule has 3 atom stereocenters. The lowest BCUT2D eigenvalue weighted by Gasteiger charge is -2.29. The van der Waals surface area contributed by atoms with E-state index in [4.69, 9.17) is 20.2 Å². The lowest BCUT2D eigenvalue weighted by Crippen LogP contribution is -2.56. The molecule has 4 bridgehead atoms. The summed E-state index contributed by atoms with van der Waals surface area (Å²) in [5, 5.41) is 6.51. The summed E-state index contributed by atoms with van der Waals surface area (Å²) in [6, 6.07) is 13.7. The van der Waals surface area contributed by atoms with Gasteiger partial charge in [-0.15, -0.1) is 0 Å². The molecular weight excluding hydrogens is 534 g/mol. The van der Waals surface area contributed by atoms with Crippen molar-refractivity contribution < 1.29 is 23.9 Å². The maximum absolute atomic E-state index is 13.7. The van der Waals surface area contributed by atoms with Gasteiger partial charge in [-0.3, -0.25) is 9.59 Å². The van der Waals surface area contributed by atoms with Crippen LogP contribution in [-0.2, 0) is 16.0 Å². The van der Waals surface area contributed by atoms with Crippen LogP contribution in [0, 0.1) is 5.92 Å². The maximum Gasteiger partial charge on any atom is 0.315 e. The number of nitrogens with two attached hydrogens (primary N) is 1. The zero-order chi connectivity index (χ0) is 29.8. The van der Waals surface area contributed by atoms with Crippen LogP contribution >= 0.6 is 0 Å². The van der Waals surface area contributed by atoms with Crippen molar-refractivity contribution >= 4 is 28.7 Å². The van der Waals surface area contributed by atoms with Crippen molar-refractivity contribution in [1.29, 1.82) is 0 Å². The second-order valence-corrected chi connectivity index (χ2v) is 11.4. The first-order valence-corrected chi connectivity index (χ1v) is 14.6. The van der Waals surface area contributed by atoms with E-state index in [9.17, 15) is 14.4 Å². The fraction of sp³-hybridized carbons (Fsp3) is 0.438. The molecule has 1 saturated heterocycles. The third-order valence-corrected chi connectivity index (χ3v) is 8.04. The number of pyridine rings is 1. The molecule has 2 aromatic carbocycles. The predicted octanol–water partition coefficient (Wildman–Crippen LogP) is 3.79. The molecule has 0 saturated carbocycles. The number of benzene rings is 2. The number of carbonyl (C=O) groups excluding carboxylic acids is 3. The van der Waals surface area contributed by atoms with Gasteiger partial charge in [0.2, 0.25) is 11.8 Å². The zero-order valence-electron chi connectivity index (χ0n) is 24.4. The number of methoxy groups -OCH3 is 1. The van der Waals surface area contributed by atoms with Gasteiger partial charge in [0.25, 0.3) is 0 Å². The van der Waals surface area contributed by atoms with Crippen molar-refractivity contribution in [2.24, 2.45) is 11.7 Å². The highest BCUT2D eigenvalue weighted by atomic mass is 16.5. The lowest BCUT2D eigenvalue weighted by molar-refractivity contribution is -0.139. The lowest BCUT2D eigenvalue weighted by atomic mass is 10.0. The van der Waals surface area contributed by atoms with Gasteiger partial charge >= 0.3 is 6.03 Å². The smallest absolute Gasteiger partial charge is 0.315 e. The summed E-state index contributed by atoms with van der Waals surface area (Å²) in [6.07, 6.45) is 3.13. The van der Waals surface area contributed by atoms with E-state index in [1.165, 1.54) is 4.90 Å². The van der Waals surface area contributed by atoms with E-state index in [1.54, 1.807) is 7.11 Å². The van der Waals surface area contributed by atoms with Gasteiger partial charge in [0.1, 0.15) is 29.7 Å². The van der Waals surface area contributed by atoms with Gasteiger partial charge in [0.15, 0.2) is 0 Å². The molecule has 1 fully saturated rings. The van der Waals surface area contributed by atoms with Gasteiger partial charge in [-0.1, -0.05) is 50.6 Å². The number of primary amides is 1. The third kappa shape index (κ3) is 6.27. The molecule has 42 heavy (non-hydrogen) atoms. The van der Waals surface area contributed by atoms with Crippen LogP contribution in [0.2, 0.25) is 0 Å². The number of nitrogens with zero attached hydrogens (tertiary/aromatic N) is 2. The molecule has 2 aliphatic heterocycles. The second-order valence-electron chi connectivity index (χ2n) is 11.4. The minimum absolute atomic E-state index is 0.159. The Balaban J connectivity index is 1.59. The Morgan fingerprint density at radius 2 is 1.90 bits per heavy atom. The molecule has 10 heteroatoms. The topological polar surface area (TPSA) is 136 Å². The normalized spacial score (nSPS) is 21.8. The summed E-state index contributed by atoms with van der Waals surface area (Å²) >= 11 is 0. The van der Waals surface area contributed by atoms with E-state index in [1.807, 2.05) is 56.3 Å². The largest absolute Gasteiger partial charge is 0.496 e. The van der Waals surface area contributed by atoms with Crippen LogP contribution in [0.3, 0.4) is 0 Å². The van der Waals surface area contributed by atoms with Crippen molar-refractivity contribution in [2.75, 3.05) is 20.2 Å². The van der Waals surface area contributed by atoms with Gasteiger partial charge in [0.05, 0.1) is 24.9 Å². The number of aryl methyl sites for hydroxylation is 1. The Hall–Kier alpha value is -4.34. The highest BCUT2D eigenvalue weighted by Gasteiger charge is 2.43. The Morgan fingerprint density at radius 3 is 2.62 bits per heavy atom. The molecule has 0 spiro atoms. The molecule has 4 amide bonds. The van der Waals surface area contributed by atoms with Crippen LogP contribution in [0.1, 0.15) is 45.1 Å². The maximum atomic E-state index is 13.7. The molecule has 0 unspecified atom stereocenters. The zero-order valence-corrected chi connectivity index (χ0v) is 24.4. The molecule has 3 aromatic rings. The summed E-state index contributed by atoms with van der Waals surface area (Å²) in [5.74, 6) is 0.207. The van der Waals surface area contributed by atoms with E-state index < -0.39 is 30.1 Å². The van der Waals surface area contributed by atoms with Crippen LogP contribution in [-0.4, -0.2) is 66.1 Å². The van der Waals surface area contributed by atoms with Crippen molar-refractivity contribution in [3.05, 3.63) is 54.1 Å². The quantitative estimate of drug-likeness (QED) is 0.435. The number of aromatic nitrogens is 1. The van der Waals surface area contributed by atoms with Crippen LogP contribution in [0.5, 0.6) is 11.5 Å². The number of nitrogens with one attached hydrogen (secondary N) is 2. The van der Waals surface area contributed by atoms with Crippen LogP contribution in [0.15, 0.2) is 48.5 Å². The molecular formula is C32H39N5O5. The molecule has 1 aromatic heterocycles. The number of hydrogen-bond acceptors (Lipinski definition) is 6. The van der Waals surface area contributed by atoms with Gasteiger partial charge in [-0.25, -0.2) is 9.78 Å². The first kappa shape index (κ1) is 29.2. The summed E-state index contributed by atoms with van der Waals surface area (Å²) in [4.78, 5) is 45.4. The highest BCUT2D eigenvalue weighted by Crippen LogP contribution is 2.37. The van der Waals surface area contributed by atoms with Crippen molar-refractivity contribution in [3.8, 4) is 22.8 Å². The van der Waals surface area contributed by atoms with Crippen molar-refractivity contribution in [3.63, 3.8) is 0 Å². The molecule has 10 nitrogen and oxygen atoms in total. The monoisotopic (exact) mass is 573 g/mol. The fourth-order valence-corrected chi connectivity index (χ4v) is 5.79. The summed E-state index contributed by atoms with van der Waals surface area (Å²) < 4.78 is 12.4. The molecule has 2 aliphatic rings. The van der Waals surface area contributed by atoms with E-state index in [0.29, 0.717) is 12.3 Å². The van der Waals surface area contributed by atoms with E-state index in [2.05, 4.69) is 16.7 Å². The molecule has 3 heterocycles. The number of ether oxygens (including phenoxy) is 2. The number of fused-ring (bicyclic) bond motifs is 3. The van der Waals surface area contributed by atoms with Gasteiger partial charge in [0, 0.05) is 36.0 Å². The van der Waals surface area contributed by atoms with Crippen LogP contribution < -0.4 is 25.8 Å². The number of amides is 4. The standard InChI is InChI=1S/C32H39N5O5/c1-19(2)29-31(39)37-18-22(15-26(37)30(33)38)42-28-16-24(20-10-6-4-7-11-20)35-25-17-27(41-3)21(14-23(25)28)12-8-5-9-13-34-32(40)36-29/h4,6-7,10-11,14,16-17,19,22,26,29H,5,8-9,12-13,15,18H2,1-3H3,(H2,33,38)(H2,34,36,40)/t22-,26+,29+/m1/s1. The summed E-state index contributed by atoms with van der Waals surface area (Å²) in [6.45, 7) is 4.36. The molecule has 4 N–H and O–H groups in total. The Morgan fingerprint density at radius 1 is 1.12 bits per heavy atom. The third-order valence-electron chi connectivity index (χ3n) is 8.04. The number of hydrogen-bond donors (Lipinski definition) is 3. The van der Waals surface area contributed by atoms with Crippen molar-refractivity contribution in [2.45, 2.75) is 64.1 Å². The van der Waals surface area contributed by atoms with Gasteiger partial charge in [-0.2, -0.15) is 0 Å². The van der Waals surface area contributed by atoms with E-state index >= 15 is 0 Å². The minimum atomic E-state index is -0.854. The second kappa shape index (κ2) is 12.7. The first-order chi connectivity index (χ1) is 20.2. The Kier molecular flexibility index (Phi) is 8.80. The Bertz CT molecular complexity index is 1460. The van der Waals surface area contributed by atoms with Gasteiger partial charge in [-0.05, 0) is 36.8 Å². The summed E-state index contributed by atoms with van der Waals surface area (Å²) in [7, 11) is 1.66. The molecule has 222 valence electrons. The average molecular weight is 574 g/mol. The van der Waals surface area contributed by atoms with E-state index in [-0.39, 0.29) is 24.8 Å². The van der Waals surface area contributed by atoms with E-state index in [0.717, 1.165) is 59.2 Å². The number of urea groups is 1. The molecule has 5 rings (SSSR count). The molecule has 0 radical (unpaired) electrons. The predicted molar refractivity (Wildman–Crippen MR) is 160 cm³/mol. The van der Waals surface area contributed by atoms with Gasteiger partial charge < -0.3 is 30.7 Å². The molecule has 0 aliphatic carbocycles. The fourth-order valence-electron chi connectivity index (χ4n) is 5.79. The van der Waals surface area contributed by atoms with Crippen LogP contribution in [0.25, 0.3) is 22.2 Å². The number of carbonyl (C=O) groups is 3. The average Bonchev–Trinajstić information content (AvgIpc) is 3.41. The SMILES string of the molecule is COc1cc2nc(-c3ccccc3)cc3c2cc1CCCCCNC(=O)N[C@@H](C(C)C)C(=O)N1C[C@@H](C[C@H]1C(N)=O)O3.